The van der Waals surface area contributed by atoms with Gasteiger partial charge in [-0.3, -0.25) is 4.79 Å². The second-order valence-corrected chi connectivity index (χ2v) is 4.78. The Morgan fingerprint density at radius 2 is 1.89 bits per heavy atom. The maximum atomic E-state index is 12.4. The third-order valence-electron chi connectivity index (χ3n) is 3.45. The molecule has 1 aliphatic rings. The highest BCUT2D eigenvalue weighted by molar-refractivity contribution is 5.95. The highest BCUT2D eigenvalue weighted by Gasteiger charge is 2.21. The van der Waals surface area contributed by atoms with Crippen LogP contribution >= 0.6 is 0 Å². The van der Waals surface area contributed by atoms with Crippen molar-refractivity contribution in [3.8, 4) is 5.75 Å². The van der Waals surface area contributed by atoms with Crippen molar-refractivity contribution in [1.82, 2.24) is 9.80 Å². The van der Waals surface area contributed by atoms with E-state index < -0.39 is 0 Å². The number of methoxy groups -OCH3 is 1. The van der Waals surface area contributed by atoms with Gasteiger partial charge in [0.2, 0.25) is 0 Å². The summed E-state index contributed by atoms with van der Waals surface area (Å²) in [6, 6.07) is 5.61. The molecule has 1 saturated heterocycles. The van der Waals surface area contributed by atoms with Crippen LogP contribution in [0.15, 0.2) is 18.2 Å². The quantitative estimate of drug-likeness (QED) is 0.793. The van der Waals surface area contributed by atoms with Crippen LogP contribution in [0.5, 0.6) is 5.75 Å². The monoisotopic (exact) mass is 248 g/mol. The molecule has 0 atom stereocenters. The standard InChI is InChI=1S/C14H20N2O2/c1-11-10-12(18-3)4-5-13(11)14(17)16-8-6-15(2)7-9-16/h4-5,10H,6-9H2,1-3H3. The fraction of sp³-hybridized carbons (Fsp3) is 0.500. The van der Waals surface area contributed by atoms with E-state index in [0.717, 1.165) is 43.1 Å². The lowest BCUT2D eigenvalue weighted by molar-refractivity contribution is 0.0663. The smallest absolute Gasteiger partial charge is 0.254 e. The fourth-order valence-corrected chi connectivity index (χ4v) is 2.18. The lowest BCUT2D eigenvalue weighted by atomic mass is 10.1. The van der Waals surface area contributed by atoms with E-state index in [1.165, 1.54) is 0 Å². The highest BCUT2D eigenvalue weighted by Crippen LogP contribution is 2.18. The average Bonchev–Trinajstić information content (AvgIpc) is 2.38. The van der Waals surface area contributed by atoms with Crippen LogP contribution in [-0.4, -0.2) is 56.0 Å². The zero-order valence-corrected chi connectivity index (χ0v) is 11.3. The molecule has 0 N–H and O–H groups in total. The van der Waals surface area contributed by atoms with E-state index >= 15 is 0 Å². The third-order valence-corrected chi connectivity index (χ3v) is 3.45. The van der Waals surface area contributed by atoms with Crippen LogP contribution in [0.4, 0.5) is 0 Å². The van der Waals surface area contributed by atoms with Crippen LogP contribution < -0.4 is 4.74 Å². The van der Waals surface area contributed by atoms with Crippen LogP contribution in [0.2, 0.25) is 0 Å². The molecule has 1 aromatic rings. The summed E-state index contributed by atoms with van der Waals surface area (Å²) in [5, 5.41) is 0. The molecule has 2 rings (SSSR count). The molecule has 4 nitrogen and oxygen atoms in total. The Morgan fingerprint density at radius 1 is 1.22 bits per heavy atom. The molecular weight excluding hydrogens is 228 g/mol. The summed E-state index contributed by atoms with van der Waals surface area (Å²) < 4.78 is 5.16. The van der Waals surface area contributed by atoms with Gasteiger partial charge >= 0.3 is 0 Å². The Hall–Kier alpha value is -1.55. The van der Waals surface area contributed by atoms with E-state index in [2.05, 4.69) is 11.9 Å². The Labute approximate surface area is 108 Å². The van der Waals surface area contributed by atoms with Gasteiger partial charge in [-0.2, -0.15) is 0 Å². The largest absolute Gasteiger partial charge is 0.497 e. The lowest BCUT2D eigenvalue weighted by Crippen LogP contribution is -2.47. The van der Waals surface area contributed by atoms with Gasteiger partial charge in [-0.25, -0.2) is 0 Å². The van der Waals surface area contributed by atoms with Gasteiger partial charge in [-0.15, -0.1) is 0 Å². The summed E-state index contributed by atoms with van der Waals surface area (Å²) >= 11 is 0. The van der Waals surface area contributed by atoms with Gasteiger partial charge in [0.15, 0.2) is 0 Å². The Morgan fingerprint density at radius 3 is 2.44 bits per heavy atom. The molecule has 0 aromatic heterocycles. The number of benzene rings is 1. The number of nitrogens with zero attached hydrogens (tertiary/aromatic N) is 2. The number of piperazine rings is 1. The van der Waals surface area contributed by atoms with Crippen LogP contribution in [0.3, 0.4) is 0 Å². The second-order valence-electron chi connectivity index (χ2n) is 4.78. The first-order chi connectivity index (χ1) is 8.61. The average molecular weight is 248 g/mol. The van der Waals surface area contributed by atoms with Crippen molar-refractivity contribution in [2.45, 2.75) is 6.92 Å². The summed E-state index contributed by atoms with van der Waals surface area (Å²) in [6.07, 6.45) is 0. The van der Waals surface area contributed by atoms with Crippen LogP contribution in [-0.2, 0) is 0 Å². The summed E-state index contributed by atoms with van der Waals surface area (Å²) in [5.41, 5.74) is 1.75. The van der Waals surface area contributed by atoms with Gasteiger partial charge in [0.05, 0.1) is 7.11 Å². The predicted molar refractivity (Wildman–Crippen MR) is 71.1 cm³/mol. The maximum absolute atomic E-state index is 12.4. The van der Waals surface area contributed by atoms with Crippen molar-refractivity contribution in [2.75, 3.05) is 40.3 Å². The summed E-state index contributed by atoms with van der Waals surface area (Å²) in [5.74, 6) is 0.922. The minimum atomic E-state index is 0.128. The van der Waals surface area contributed by atoms with Gasteiger partial charge in [-0.1, -0.05) is 0 Å². The molecule has 4 heteroatoms. The SMILES string of the molecule is COc1ccc(C(=O)N2CCN(C)CC2)c(C)c1. The molecule has 1 fully saturated rings. The number of hydrogen-bond acceptors (Lipinski definition) is 3. The molecule has 0 spiro atoms. The number of aryl methyl sites for hydroxylation is 1. The lowest BCUT2D eigenvalue weighted by Gasteiger charge is -2.32. The van der Waals surface area contributed by atoms with Crippen LogP contribution in [0, 0.1) is 6.92 Å². The number of ether oxygens (including phenoxy) is 1. The number of carbonyl (C=O) groups excluding carboxylic acids is 1. The van der Waals surface area contributed by atoms with Crippen molar-refractivity contribution in [2.24, 2.45) is 0 Å². The Balaban J connectivity index is 2.13. The van der Waals surface area contributed by atoms with E-state index in [0.29, 0.717) is 0 Å². The number of carbonyl (C=O) groups is 1. The van der Waals surface area contributed by atoms with E-state index in [1.54, 1.807) is 7.11 Å². The third kappa shape index (κ3) is 2.64. The molecule has 98 valence electrons. The highest BCUT2D eigenvalue weighted by atomic mass is 16.5. The normalized spacial score (nSPS) is 16.7. The minimum absolute atomic E-state index is 0.128. The van der Waals surface area contributed by atoms with Crippen molar-refractivity contribution >= 4 is 5.91 Å². The number of hydrogen-bond donors (Lipinski definition) is 0. The first-order valence-corrected chi connectivity index (χ1v) is 6.24. The Kier molecular flexibility index (Phi) is 3.87. The first-order valence-electron chi connectivity index (χ1n) is 6.24. The summed E-state index contributed by atoms with van der Waals surface area (Å²) in [7, 11) is 3.72. The van der Waals surface area contributed by atoms with E-state index in [4.69, 9.17) is 4.74 Å². The predicted octanol–water partition coefficient (Wildman–Crippen LogP) is 1.39. The molecule has 1 amide bonds. The van der Waals surface area contributed by atoms with Crippen molar-refractivity contribution in [1.29, 1.82) is 0 Å². The molecule has 0 unspecified atom stereocenters. The van der Waals surface area contributed by atoms with Gasteiger partial charge in [0.1, 0.15) is 5.75 Å². The van der Waals surface area contributed by atoms with Crippen molar-refractivity contribution in [3.05, 3.63) is 29.3 Å². The maximum Gasteiger partial charge on any atom is 0.254 e. The van der Waals surface area contributed by atoms with Gasteiger partial charge in [-0.05, 0) is 37.7 Å². The fourth-order valence-electron chi connectivity index (χ4n) is 2.18. The zero-order valence-electron chi connectivity index (χ0n) is 11.3. The number of rotatable bonds is 2. The molecular formula is C14H20N2O2. The van der Waals surface area contributed by atoms with Crippen LogP contribution in [0.25, 0.3) is 0 Å². The number of likely N-dealkylation sites (N-methyl/N-ethyl adjacent to an activating group) is 1. The topological polar surface area (TPSA) is 32.8 Å². The first kappa shape index (κ1) is 12.9. The van der Waals surface area contributed by atoms with Gasteiger partial charge in [0.25, 0.3) is 5.91 Å². The zero-order chi connectivity index (χ0) is 13.1. The molecule has 1 aliphatic heterocycles. The van der Waals surface area contributed by atoms with Crippen molar-refractivity contribution in [3.63, 3.8) is 0 Å². The molecule has 1 aromatic carbocycles. The molecule has 0 bridgehead atoms. The number of amides is 1. The van der Waals surface area contributed by atoms with Crippen LogP contribution in [0.1, 0.15) is 15.9 Å². The molecule has 1 heterocycles. The van der Waals surface area contributed by atoms with E-state index in [9.17, 15) is 4.79 Å². The molecule has 18 heavy (non-hydrogen) atoms. The van der Waals surface area contributed by atoms with Gasteiger partial charge < -0.3 is 14.5 Å². The second kappa shape index (κ2) is 5.40. The minimum Gasteiger partial charge on any atom is -0.497 e. The summed E-state index contributed by atoms with van der Waals surface area (Å²) in [6.45, 7) is 5.45. The van der Waals surface area contributed by atoms with Gasteiger partial charge in [0, 0.05) is 31.7 Å². The summed E-state index contributed by atoms with van der Waals surface area (Å²) in [4.78, 5) is 16.6. The van der Waals surface area contributed by atoms with E-state index in [1.807, 2.05) is 30.0 Å². The molecule has 0 aliphatic carbocycles. The Bertz CT molecular complexity index is 437. The molecule has 0 radical (unpaired) electrons. The van der Waals surface area contributed by atoms with Crippen molar-refractivity contribution < 1.29 is 9.53 Å². The van der Waals surface area contributed by atoms with E-state index in [-0.39, 0.29) is 5.91 Å². The molecule has 0 saturated carbocycles.